The molecule has 1 heterocycles. The maximum Gasteiger partial charge on any atom is 0.340 e. The number of para-hydroxylation sites is 1. The van der Waals surface area contributed by atoms with Gasteiger partial charge in [0.2, 0.25) is 0 Å². The molecule has 0 N–H and O–H groups in total. The third-order valence-corrected chi connectivity index (χ3v) is 4.81. The van der Waals surface area contributed by atoms with Crippen molar-refractivity contribution in [2.24, 2.45) is 0 Å². The molecular formula is C21H17NO4S. The first-order valence-electron chi connectivity index (χ1n) is 8.24. The molecule has 1 amide bonds. The van der Waals surface area contributed by atoms with Crippen molar-refractivity contribution in [3.05, 3.63) is 88.1 Å². The average molecular weight is 379 g/mol. The number of amides is 1. The van der Waals surface area contributed by atoms with E-state index < -0.39 is 5.97 Å². The summed E-state index contributed by atoms with van der Waals surface area (Å²) in [5, 5.41) is 1.82. The van der Waals surface area contributed by atoms with Crippen LogP contribution in [0.3, 0.4) is 0 Å². The van der Waals surface area contributed by atoms with Crippen LogP contribution in [0.15, 0.2) is 72.1 Å². The van der Waals surface area contributed by atoms with Crippen LogP contribution in [0.25, 0.3) is 0 Å². The molecule has 0 atom stereocenters. The minimum atomic E-state index is -0.652. The van der Waals surface area contributed by atoms with Crippen LogP contribution in [0.5, 0.6) is 0 Å². The maximum atomic E-state index is 12.6. The lowest BCUT2D eigenvalue weighted by Gasteiger charge is -2.19. The summed E-state index contributed by atoms with van der Waals surface area (Å²) < 4.78 is 5.18. The first kappa shape index (κ1) is 18.5. The lowest BCUT2D eigenvalue weighted by Crippen LogP contribution is -2.27. The van der Waals surface area contributed by atoms with E-state index in [1.165, 1.54) is 16.2 Å². The van der Waals surface area contributed by atoms with Crippen molar-refractivity contribution in [3.8, 4) is 0 Å². The molecule has 0 aliphatic rings. The molecular weight excluding hydrogens is 362 g/mol. The minimum absolute atomic E-state index is 0.217. The van der Waals surface area contributed by atoms with Gasteiger partial charge in [-0.25, -0.2) is 4.79 Å². The zero-order valence-corrected chi connectivity index (χ0v) is 15.4. The zero-order chi connectivity index (χ0) is 19.2. The third-order valence-electron chi connectivity index (χ3n) is 3.95. The van der Waals surface area contributed by atoms with Gasteiger partial charge < -0.3 is 9.64 Å². The van der Waals surface area contributed by atoms with E-state index in [0.717, 1.165) is 0 Å². The van der Waals surface area contributed by atoms with Gasteiger partial charge in [-0.05, 0) is 23.6 Å². The van der Waals surface area contributed by atoms with E-state index in [4.69, 9.17) is 4.74 Å². The highest BCUT2D eigenvalue weighted by Crippen LogP contribution is 2.23. The van der Waals surface area contributed by atoms with E-state index in [-0.39, 0.29) is 23.9 Å². The SMILES string of the molecule is CN(C(=O)c1cccs1)c1ccccc1C(=O)OCC(=O)c1ccccc1. The monoisotopic (exact) mass is 379 g/mol. The Labute approximate surface area is 160 Å². The number of thiophene rings is 1. The molecule has 1 aromatic heterocycles. The molecule has 3 rings (SSSR count). The summed E-state index contributed by atoms with van der Waals surface area (Å²) >= 11 is 1.33. The molecule has 5 nitrogen and oxygen atoms in total. The number of hydrogen-bond acceptors (Lipinski definition) is 5. The Morgan fingerprint density at radius 3 is 2.33 bits per heavy atom. The second-order valence-corrected chi connectivity index (χ2v) is 6.67. The molecule has 2 aromatic carbocycles. The van der Waals surface area contributed by atoms with Gasteiger partial charge in [-0.2, -0.15) is 0 Å². The number of hydrogen-bond donors (Lipinski definition) is 0. The van der Waals surface area contributed by atoms with Crippen LogP contribution in [-0.4, -0.2) is 31.3 Å². The van der Waals surface area contributed by atoms with Crippen molar-refractivity contribution in [2.75, 3.05) is 18.6 Å². The molecule has 0 radical (unpaired) electrons. The van der Waals surface area contributed by atoms with Gasteiger partial charge in [-0.1, -0.05) is 48.5 Å². The summed E-state index contributed by atoms with van der Waals surface area (Å²) in [7, 11) is 1.60. The predicted octanol–water partition coefficient (Wildman–Crippen LogP) is 4.06. The number of carbonyl (C=O) groups is 3. The number of ketones is 1. The topological polar surface area (TPSA) is 63.7 Å². The van der Waals surface area contributed by atoms with Gasteiger partial charge in [0, 0.05) is 12.6 Å². The van der Waals surface area contributed by atoms with Crippen LogP contribution < -0.4 is 4.90 Å². The van der Waals surface area contributed by atoms with Crippen molar-refractivity contribution < 1.29 is 19.1 Å². The van der Waals surface area contributed by atoms with E-state index >= 15 is 0 Å². The molecule has 0 unspecified atom stereocenters. The molecule has 3 aromatic rings. The second-order valence-electron chi connectivity index (χ2n) is 5.72. The summed E-state index contributed by atoms with van der Waals surface area (Å²) in [5.74, 6) is -1.16. The summed E-state index contributed by atoms with van der Waals surface area (Å²) in [6.45, 7) is -0.361. The van der Waals surface area contributed by atoms with Crippen molar-refractivity contribution in [1.29, 1.82) is 0 Å². The average Bonchev–Trinajstić information content (AvgIpc) is 3.26. The fourth-order valence-corrected chi connectivity index (χ4v) is 3.23. The predicted molar refractivity (Wildman–Crippen MR) is 105 cm³/mol. The Morgan fingerprint density at radius 2 is 1.63 bits per heavy atom. The van der Waals surface area contributed by atoms with E-state index in [1.807, 2.05) is 5.38 Å². The highest BCUT2D eigenvalue weighted by molar-refractivity contribution is 7.12. The van der Waals surface area contributed by atoms with E-state index in [0.29, 0.717) is 16.1 Å². The summed E-state index contributed by atoms with van der Waals surface area (Å²) in [4.78, 5) is 39.2. The van der Waals surface area contributed by atoms with Crippen molar-refractivity contribution in [3.63, 3.8) is 0 Å². The normalized spacial score (nSPS) is 10.3. The maximum absolute atomic E-state index is 12.6. The van der Waals surface area contributed by atoms with Gasteiger partial charge in [0.1, 0.15) is 0 Å². The van der Waals surface area contributed by atoms with E-state index in [2.05, 4.69) is 0 Å². The lowest BCUT2D eigenvalue weighted by molar-refractivity contribution is 0.0475. The molecule has 0 aliphatic carbocycles. The van der Waals surface area contributed by atoms with Gasteiger partial charge in [0.25, 0.3) is 5.91 Å². The summed E-state index contributed by atoms with van der Waals surface area (Å²) in [6, 6.07) is 18.8. The van der Waals surface area contributed by atoms with E-state index in [9.17, 15) is 14.4 Å². The Morgan fingerprint density at radius 1 is 0.926 bits per heavy atom. The Kier molecular flexibility index (Phi) is 5.78. The van der Waals surface area contributed by atoms with Crippen molar-refractivity contribution >= 4 is 34.7 Å². The smallest absolute Gasteiger partial charge is 0.340 e. The highest BCUT2D eigenvalue weighted by atomic mass is 32.1. The number of benzene rings is 2. The van der Waals surface area contributed by atoms with Crippen LogP contribution >= 0.6 is 11.3 Å². The third kappa shape index (κ3) is 4.30. The molecule has 27 heavy (non-hydrogen) atoms. The van der Waals surface area contributed by atoms with Gasteiger partial charge in [0.15, 0.2) is 12.4 Å². The standard InChI is InChI=1S/C21H17NO4S/c1-22(20(24)19-12-7-13-27-19)17-11-6-5-10-16(17)21(25)26-14-18(23)15-8-3-2-4-9-15/h2-13H,14H2,1H3. The van der Waals surface area contributed by atoms with Crippen LogP contribution in [0, 0.1) is 0 Å². The Bertz CT molecular complexity index is 951. The van der Waals surface area contributed by atoms with Gasteiger partial charge in [-0.3, -0.25) is 9.59 Å². The molecule has 0 bridgehead atoms. The molecule has 0 aliphatic heterocycles. The molecule has 0 saturated heterocycles. The number of anilines is 1. The summed E-state index contributed by atoms with van der Waals surface area (Å²) in [6.07, 6.45) is 0. The quantitative estimate of drug-likeness (QED) is 0.478. The highest BCUT2D eigenvalue weighted by Gasteiger charge is 2.21. The van der Waals surface area contributed by atoms with Crippen LogP contribution in [-0.2, 0) is 4.74 Å². The molecule has 6 heteroatoms. The molecule has 0 spiro atoms. The number of ether oxygens (including phenoxy) is 1. The number of esters is 1. The number of rotatable bonds is 6. The lowest BCUT2D eigenvalue weighted by atomic mass is 10.1. The number of carbonyl (C=O) groups excluding carboxylic acids is 3. The van der Waals surface area contributed by atoms with Gasteiger partial charge >= 0.3 is 5.97 Å². The van der Waals surface area contributed by atoms with Crippen LogP contribution in [0.2, 0.25) is 0 Å². The van der Waals surface area contributed by atoms with E-state index in [1.54, 1.807) is 73.8 Å². The Hall–Kier alpha value is -3.25. The zero-order valence-electron chi connectivity index (χ0n) is 14.6. The second kappa shape index (κ2) is 8.42. The van der Waals surface area contributed by atoms with Gasteiger partial charge in [-0.15, -0.1) is 11.3 Å². The molecule has 0 fully saturated rings. The fourth-order valence-electron chi connectivity index (χ4n) is 2.53. The fraction of sp³-hybridized carbons (Fsp3) is 0.0952. The Balaban J connectivity index is 1.74. The first-order chi connectivity index (χ1) is 13.1. The van der Waals surface area contributed by atoms with Crippen LogP contribution in [0.1, 0.15) is 30.4 Å². The largest absolute Gasteiger partial charge is 0.454 e. The van der Waals surface area contributed by atoms with Gasteiger partial charge in [0.05, 0.1) is 16.1 Å². The summed E-state index contributed by atoms with van der Waals surface area (Å²) in [5.41, 5.74) is 1.13. The molecule has 136 valence electrons. The van der Waals surface area contributed by atoms with Crippen LogP contribution in [0.4, 0.5) is 5.69 Å². The number of nitrogens with zero attached hydrogens (tertiary/aromatic N) is 1. The van der Waals surface area contributed by atoms with Crippen molar-refractivity contribution in [1.82, 2.24) is 0 Å². The first-order valence-corrected chi connectivity index (χ1v) is 9.12. The minimum Gasteiger partial charge on any atom is -0.454 e. The number of Topliss-reactive ketones (excluding diaryl/α,β-unsaturated/α-hetero) is 1. The molecule has 0 saturated carbocycles. The van der Waals surface area contributed by atoms with Crippen molar-refractivity contribution in [2.45, 2.75) is 0 Å².